The molecule has 2 fully saturated rings. The maximum atomic E-state index is 13.6. The predicted molar refractivity (Wildman–Crippen MR) is 155 cm³/mol. The molecule has 2 aliphatic rings. The molecule has 1 N–H and O–H groups in total. The van der Waals surface area contributed by atoms with Crippen molar-refractivity contribution in [2.24, 2.45) is 0 Å². The number of hydrogen-bond acceptors (Lipinski definition) is 8. The SMILES string of the molecule is Cc1ccc(CNS(=O)(=O)N2CCN(c3cnn(-c4cccc(Cl)c4)c(=O)c3OC3CCCC3)CC2)cc1[N+](=O)[O-]. The fourth-order valence-electron chi connectivity index (χ4n) is 5.13. The lowest BCUT2D eigenvalue weighted by Gasteiger charge is -2.35. The van der Waals surface area contributed by atoms with E-state index in [1.54, 1.807) is 49.5 Å². The summed E-state index contributed by atoms with van der Waals surface area (Å²) in [5, 5.41) is 16.1. The Morgan fingerprint density at radius 2 is 1.85 bits per heavy atom. The van der Waals surface area contributed by atoms with Crippen molar-refractivity contribution >= 4 is 33.2 Å². The van der Waals surface area contributed by atoms with Crippen molar-refractivity contribution in [1.82, 2.24) is 18.8 Å². The van der Waals surface area contributed by atoms with Crippen LogP contribution in [0.3, 0.4) is 0 Å². The second kappa shape index (κ2) is 12.1. The van der Waals surface area contributed by atoms with Gasteiger partial charge in [-0.2, -0.15) is 27.2 Å². The van der Waals surface area contributed by atoms with Crippen molar-refractivity contribution < 1.29 is 18.1 Å². The lowest BCUT2D eigenvalue weighted by atomic mass is 10.1. The third-order valence-electron chi connectivity index (χ3n) is 7.40. The Balaban J connectivity index is 1.31. The smallest absolute Gasteiger partial charge is 0.316 e. The zero-order chi connectivity index (χ0) is 29.1. The van der Waals surface area contributed by atoms with Gasteiger partial charge < -0.3 is 9.64 Å². The van der Waals surface area contributed by atoms with Crippen LogP contribution in [0, 0.1) is 17.0 Å². The Morgan fingerprint density at radius 3 is 2.54 bits per heavy atom. The summed E-state index contributed by atoms with van der Waals surface area (Å²) in [6, 6.07) is 11.5. The summed E-state index contributed by atoms with van der Waals surface area (Å²) >= 11 is 6.14. The number of nitrogens with zero attached hydrogens (tertiary/aromatic N) is 5. The number of anilines is 1. The lowest BCUT2D eigenvalue weighted by molar-refractivity contribution is -0.385. The maximum absolute atomic E-state index is 13.6. The van der Waals surface area contributed by atoms with Crippen LogP contribution < -0.4 is 19.9 Å². The van der Waals surface area contributed by atoms with Gasteiger partial charge in [0, 0.05) is 49.4 Å². The number of halogens is 1. The average Bonchev–Trinajstić information content (AvgIpc) is 3.47. The van der Waals surface area contributed by atoms with Gasteiger partial charge in [0.05, 0.1) is 22.9 Å². The highest BCUT2D eigenvalue weighted by atomic mass is 35.5. The Bertz CT molecular complexity index is 1600. The van der Waals surface area contributed by atoms with Crippen LogP contribution in [-0.2, 0) is 16.8 Å². The van der Waals surface area contributed by atoms with Gasteiger partial charge >= 0.3 is 5.56 Å². The number of nitro benzene ring substituents is 1. The molecule has 3 aromatic rings. The molecule has 1 aliphatic heterocycles. The van der Waals surface area contributed by atoms with Gasteiger partial charge in [-0.1, -0.05) is 29.8 Å². The highest BCUT2D eigenvalue weighted by molar-refractivity contribution is 7.87. The predicted octanol–water partition coefficient (Wildman–Crippen LogP) is 3.58. The van der Waals surface area contributed by atoms with E-state index in [1.165, 1.54) is 15.1 Å². The standard InChI is InChI=1S/C27H31ClN6O6S/c1-19-9-10-20(15-24(19)34(36)37)17-30-41(38,39)32-13-11-31(12-14-32)25-18-29-33(22-6-4-5-21(28)16-22)27(35)26(25)40-23-7-2-3-8-23/h4-6,9-10,15-16,18,23,30H,2-3,7-8,11-14,17H2,1H3. The van der Waals surface area contributed by atoms with Crippen molar-refractivity contribution in [3.05, 3.63) is 85.3 Å². The van der Waals surface area contributed by atoms with Gasteiger partial charge in [-0.25, -0.2) is 0 Å². The van der Waals surface area contributed by atoms with Gasteiger partial charge in [-0.15, -0.1) is 0 Å². The number of hydrogen-bond donors (Lipinski definition) is 1. The molecular weight excluding hydrogens is 572 g/mol. The first kappa shape index (κ1) is 29.0. The molecule has 1 saturated heterocycles. The first-order valence-corrected chi connectivity index (χ1v) is 15.2. The number of aryl methyl sites for hydroxylation is 1. The Morgan fingerprint density at radius 1 is 1.12 bits per heavy atom. The van der Waals surface area contributed by atoms with Crippen LogP contribution in [0.2, 0.25) is 5.02 Å². The zero-order valence-corrected chi connectivity index (χ0v) is 24.1. The number of nitro groups is 1. The van der Waals surface area contributed by atoms with Gasteiger partial charge in [-0.05, 0) is 56.4 Å². The van der Waals surface area contributed by atoms with Crippen molar-refractivity contribution in [2.45, 2.75) is 45.3 Å². The van der Waals surface area contributed by atoms with Crippen molar-refractivity contribution in [3.8, 4) is 11.4 Å². The molecule has 1 aromatic heterocycles. The summed E-state index contributed by atoms with van der Waals surface area (Å²) in [5.74, 6) is 0.197. The molecule has 0 spiro atoms. The molecule has 2 aromatic carbocycles. The number of nitrogens with one attached hydrogen (secondary N) is 1. The van der Waals surface area contributed by atoms with Crippen LogP contribution >= 0.6 is 11.6 Å². The zero-order valence-electron chi connectivity index (χ0n) is 22.5. The quantitative estimate of drug-likeness (QED) is 0.289. The molecule has 12 nitrogen and oxygen atoms in total. The molecule has 5 rings (SSSR count). The monoisotopic (exact) mass is 602 g/mol. The summed E-state index contributed by atoms with van der Waals surface area (Å²) in [7, 11) is -3.85. The largest absolute Gasteiger partial charge is 0.483 e. The fourth-order valence-corrected chi connectivity index (χ4v) is 6.49. The van der Waals surface area contributed by atoms with Crippen LogP contribution in [0.5, 0.6) is 5.75 Å². The minimum absolute atomic E-state index is 0.0585. The van der Waals surface area contributed by atoms with Crippen LogP contribution in [0.1, 0.15) is 36.8 Å². The third-order valence-corrected chi connectivity index (χ3v) is 9.19. The first-order valence-electron chi connectivity index (χ1n) is 13.4. The van der Waals surface area contributed by atoms with Crippen molar-refractivity contribution in [3.63, 3.8) is 0 Å². The van der Waals surface area contributed by atoms with Gasteiger partial charge in [0.25, 0.3) is 15.9 Å². The topological polar surface area (TPSA) is 140 Å². The van der Waals surface area contributed by atoms with E-state index in [4.69, 9.17) is 16.3 Å². The lowest BCUT2D eigenvalue weighted by Crippen LogP contribution is -2.52. The maximum Gasteiger partial charge on any atom is 0.316 e. The summed E-state index contributed by atoms with van der Waals surface area (Å²) < 4.78 is 37.4. The van der Waals surface area contributed by atoms with E-state index in [2.05, 4.69) is 9.82 Å². The van der Waals surface area contributed by atoms with E-state index in [-0.39, 0.29) is 37.2 Å². The molecule has 0 unspecified atom stereocenters. The van der Waals surface area contributed by atoms with Crippen molar-refractivity contribution in [2.75, 3.05) is 31.1 Å². The average molecular weight is 603 g/mol. The summed E-state index contributed by atoms with van der Waals surface area (Å²) in [6.45, 7) is 2.53. The van der Waals surface area contributed by atoms with Crippen molar-refractivity contribution in [1.29, 1.82) is 0 Å². The van der Waals surface area contributed by atoms with E-state index >= 15 is 0 Å². The summed E-state index contributed by atoms with van der Waals surface area (Å²) in [4.78, 5) is 26.3. The van der Waals surface area contributed by atoms with E-state index in [9.17, 15) is 23.3 Å². The van der Waals surface area contributed by atoms with Gasteiger partial charge in [-0.3, -0.25) is 14.9 Å². The van der Waals surface area contributed by atoms with Gasteiger partial charge in [0.15, 0.2) is 0 Å². The molecule has 0 amide bonds. The summed E-state index contributed by atoms with van der Waals surface area (Å²) in [6.07, 6.45) is 5.31. The second-order valence-electron chi connectivity index (χ2n) is 10.2. The van der Waals surface area contributed by atoms with Gasteiger partial charge in [0.1, 0.15) is 5.69 Å². The Labute approximate surface area is 242 Å². The van der Waals surface area contributed by atoms with E-state index in [0.717, 1.165) is 25.7 Å². The van der Waals surface area contributed by atoms with Crippen LogP contribution in [0.15, 0.2) is 53.5 Å². The molecule has 0 atom stereocenters. The molecular formula is C27H31ClN6O6S. The first-order chi connectivity index (χ1) is 19.6. The molecule has 0 radical (unpaired) electrons. The molecule has 0 bridgehead atoms. The molecule has 218 valence electrons. The van der Waals surface area contributed by atoms with Crippen LogP contribution in [0.25, 0.3) is 5.69 Å². The van der Waals surface area contributed by atoms with E-state index in [1.807, 2.05) is 4.90 Å². The van der Waals surface area contributed by atoms with E-state index in [0.29, 0.717) is 40.6 Å². The van der Waals surface area contributed by atoms with Crippen LogP contribution in [-0.4, -0.2) is 59.7 Å². The van der Waals surface area contributed by atoms with Gasteiger partial charge in [0.2, 0.25) is 5.75 Å². The fraction of sp³-hybridized carbons (Fsp3) is 0.407. The number of rotatable bonds is 9. The Hall–Kier alpha value is -3.52. The highest BCUT2D eigenvalue weighted by Gasteiger charge is 2.30. The molecule has 41 heavy (non-hydrogen) atoms. The number of aromatic nitrogens is 2. The molecule has 1 aliphatic carbocycles. The molecule has 14 heteroatoms. The number of ether oxygens (including phenoxy) is 1. The minimum Gasteiger partial charge on any atom is -0.483 e. The second-order valence-corrected chi connectivity index (χ2v) is 12.4. The highest BCUT2D eigenvalue weighted by Crippen LogP contribution is 2.30. The Kier molecular flexibility index (Phi) is 8.59. The normalized spacial score (nSPS) is 16.7. The summed E-state index contributed by atoms with van der Waals surface area (Å²) in [5.41, 5.74) is 1.58. The minimum atomic E-state index is -3.85. The number of piperazine rings is 1. The molecule has 1 saturated carbocycles. The number of benzene rings is 2. The third kappa shape index (κ3) is 6.53. The van der Waals surface area contributed by atoms with Crippen LogP contribution in [0.4, 0.5) is 11.4 Å². The van der Waals surface area contributed by atoms with E-state index < -0.39 is 20.7 Å². The molecule has 2 heterocycles.